The van der Waals surface area contributed by atoms with E-state index in [0.717, 1.165) is 5.56 Å². The lowest BCUT2D eigenvalue weighted by molar-refractivity contribution is 0.414. The normalized spacial score (nSPS) is 11.6. The van der Waals surface area contributed by atoms with Crippen LogP contribution in [0.1, 0.15) is 11.4 Å². The molecule has 0 bridgehead atoms. The van der Waals surface area contributed by atoms with Crippen LogP contribution in [-0.4, -0.2) is 30.1 Å². The molecule has 0 aliphatic rings. The number of ether oxygens (including phenoxy) is 1. The Kier molecular flexibility index (Phi) is 5.13. The molecular formula is C21H19FN4O3S. The van der Waals surface area contributed by atoms with E-state index in [1.165, 1.54) is 34.8 Å². The monoisotopic (exact) mass is 426 g/mol. The molecule has 0 aliphatic heterocycles. The molecule has 30 heavy (non-hydrogen) atoms. The summed E-state index contributed by atoms with van der Waals surface area (Å²) in [5.74, 6) is 0.703. The van der Waals surface area contributed by atoms with E-state index in [2.05, 4.69) is 10.2 Å². The second-order valence-electron chi connectivity index (χ2n) is 6.68. The van der Waals surface area contributed by atoms with Crippen LogP contribution in [0.25, 0.3) is 5.65 Å². The third-order valence-electron chi connectivity index (χ3n) is 4.72. The van der Waals surface area contributed by atoms with E-state index in [-0.39, 0.29) is 17.1 Å². The fourth-order valence-electron chi connectivity index (χ4n) is 3.11. The van der Waals surface area contributed by atoms with Crippen molar-refractivity contribution < 1.29 is 17.5 Å². The van der Waals surface area contributed by atoms with Gasteiger partial charge in [0.15, 0.2) is 5.65 Å². The number of benzene rings is 2. The highest BCUT2D eigenvalue weighted by Crippen LogP contribution is 2.27. The van der Waals surface area contributed by atoms with Gasteiger partial charge in [-0.05, 0) is 55.0 Å². The first-order valence-corrected chi connectivity index (χ1v) is 10.5. The molecule has 2 aromatic carbocycles. The number of hydrogen-bond donors (Lipinski definition) is 0. The van der Waals surface area contributed by atoms with Gasteiger partial charge in [-0.15, -0.1) is 10.2 Å². The molecule has 0 N–H and O–H groups in total. The van der Waals surface area contributed by atoms with E-state index >= 15 is 0 Å². The summed E-state index contributed by atoms with van der Waals surface area (Å²) < 4.78 is 49.0. The number of pyridine rings is 1. The lowest BCUT2D eigenvalue weighted by Gasteiger charge is -2.25. The maximum Gasteiger partial charge on any atom is 0.266 e. The van der Waals surface area contributed by atoms with Crippen LogP contribution < -0.4 is 9.04 Å². The molecular weight excluding hydrogens is 407 g/mol. The first kappa shape index (κ1) is 19.8. The molecule has 7 nitrogen and oxygen atoms in total. The predicted molar refractivity (Wildman–Crippen MR) is 110 cm³/mol. The molecule has 0 atom stereocenters. The zero-order valence-corrected chi connectivity index (χ0v) is 17.2. The molecule has 2 heterocycles. The minimum atomic E-state index is -4.01. The molecule has 0 fully saturated rings. The van der Waals surface area contributed by atoms with Gasteiger partial charge in [0.05, 0.1) is 19.3 Å². The number of methoxy groups -OCH3 is 1. The van der Waals surface area contributed by atoms with Gasteiger partial charge in [0.1, 0.15) is 22.3 Å². The largest absolute Gasteiger partial charge is 0.497 e. The lowest BCUT2D eigenvalue weighted by Crippen LogP contribution is -2.31. The Morgan fingerprint density at radius 1 is 1.07 bits per heavy atom. The summed E-state index contributed by atoms with van der Waals surface area (Å²) in [5.41, 5.74) is 1.50. The predicted octanol–water partition coefficient (Wildman–Crippen LogP) is 3.58. The summed E-state index contributed by atoms with van der Waals surface area (Å²) >= 11 is 0. The first-order chi connectivity index (χ1) is 14.4. The second-order valence-corrected chi connectivity index (χ2v) is 8.54. The highest BCUT2D eigenvalue weighted by molar-refractivity contribution is 7.92. The minimum absolute atomic E-state index is 0.0228. The first-order valence-electron chi connectivity index (χ1n) is 9.11. The third-order valence-corrected chi connectivity index (χ3v) is 6.47. The van der Waals surface area contributed by atoms with Crippen LogP contribution in [0, 0.1) is 12.7 Å². The summed E-state index contributed by atoms with van der Waals surface area (Å²) in [6, 6.07) is 15.6. The van der Waals surface area contributed by atoms with Crippen molar-refractivity contribution in [3.63, 3.8) is 0 Å². The van der Waals surface area contributed by atoms with Gasteiger partial charge in [-0.3, -0.25) is 8.71 Å². The van der Waals surface area contributed by atoms with Crippen molar-refractivity contribution >= 4 is 21.4 Å². The molecule has 0 saturated heterocycles. The molecule has 4 rings (SSSR count). The summed E-state index contributed by atoms with van der Waals surface area (Å²) in [5, 5.41) is 7.94. The van der Waals surface area contributed by atoms with E-state index in [4.69, 9.17) is 4.74 Å². The van der Waals surface area contributed by atoms with Crippen molar-refractivity contribution in [3.8, 4) is 5.75 Å². The van der Waals surface area contributed by atoms with Crippen molar-refractivity contribution in [2.45, 2.75) is 18.4 Å². The number of aryl methyl sites for hydroxylation is 1. The maximum absolute atomic E-state index is 13.9. The number of halogens is 1. The molecule has 0 aliphatic carbocycles. The maximum atomic E-state index is 13.9. The topological polar surface area (TPSA) is 76.8 Å². The van der Waals surface area contributed by atoms with Crippen LogP contribution in [0.2, 0.25) is 0 Å². The summed E-state index contributed by atoms with van der Waals surface area (Å²) in [4.78, 5) is 0.0515. The molecule has 4 aromatic rings. The van der Waals surface area contributed by atoms with Crippen LogP contribution >= 0.6 is 0 Å². The summed E-state index contributed by atoms with van der Waals surface area (Å²) in [7, 11) is -2.45. The van der Waals surface area contributed by atoms with Gasteiger partial charge in [-0.1, -0.05) is 18.2 Å². The highest BCUT2D eigenvalue weighted by Gasteiger charge is 2.26. The van der Waals surface area contributed by atoms with E-state index in [1.807, 2.05) is 0 Å². The second kappa shape index (κ2) is 7.75. The number of aromatic nitrogens is 3. The number of rotatable bonds is 6. The van der Waals surface area contributed by atoms with Gasteiger partial charge < -0.3 is 4.74 Å². The zero-order chi connectivity index (χ0) is 21.3. The molecule has 154 valence electrons. The van der Waals surface area contributed by atoms with E-state index in [1.54, 1.807) is 54.8 Å². The van der Waals surface area contributed by atoms with Gasteiger partial charge >= 0.3 is 0 Å². The van der Waals surface area contributed by atoms with E-state index in [9.17, 15) is 12.8 Å². The Labute approximate surface area is 173 Å². The lowest BCUT2D eigenvalue weighted by atomic mass is 10.2. The number of anilines is 1. The molecule has 0 spiro atoms. The standard InChI is InChI=1S/C21H19FN4O3S/c1-15-23-24-21-11-10-20(14-25(15)21)30(27,28)26(18-5-3-4-17(22)12-18)13-16-6-8-19(29-2)9-7-16/h3-12,14H,13H2,1-2H3. The fraction of sp³-hybridized carbons (Fsp3) is 0.143. The molecule has 0 unspecified atom stereocenters. The average Bonchev–Trinajstić information content (AvgIpc) is 3.12. The smallest absolute Gasteiger partial charge is 0.266 e. The van der Waals surface area contributed by atoms with E-state index in [0.29, 0.717) is 17.2 Å². The Morgan fingerprint density at radius 3 is 2.53 bits per heavy atom. The minimum Gasteiger partial charge on any atom is -0.497 e. The van der Waals surface area contributed by atoms with Crippen molar-refractivity contribution in [2.75, 3.05) is 11.4 Å². The molecule has 0 saturated carbocycles. The van der Waals surface area contributed by atoms with Crippen LogP contribution in [0.5, 0.6) is 5.75 Å². The van der Waals surface area contributed by atoms with Crippen molar-refractivity contribution in [3.05, 3.63) is 84.1 Å². The van der Waals surface area contributed by atoms with Crippen molar-refractivity contribution in [2.24, 2.45) is 0 Å². The van der Waals surface area contributed by atoms with Crippen LogP contribution in [0.15, 0.2) is 71.8 Å². The number of hydrogen-bond acceptors (Lipinski definition) is 5. The average molecular weight is 426 g/mol. The van der Waals surface area contributed by atoms with Gasteiger partial charge in [-0.25, -0.2) is 12.8 Å². The third kappa shape index (κ3) is 3.71. The van der Waals surface area contributed by atoms with Crippen molar-refractivity contribution in [1.29, 1.82) is 0 Å². The van der Waals surface area contributed by atoms with Crippen molar-refractivity contribution in [1.82, 2.24) is 14.6 Å². The van der Waals surface area contributed by atoms with E-state index < -0.39 is 15.8 Å². The summed E-state index contributed by atoms with van der Waals surface area (Å²) in [6.07, 6.45) is 1.47. The summed E-state index contributed by atoms with van der Waals surface area (Å²) in [6.45, 7) is 1.76. The Bertz CT molecular complexity index is 1300. The quantitative estimate of drug-likeness (QED) is 0.471. The Hall–Kier alpha value is -3.46. The van der Waals surface area contributed by atoms with Crippen LogP contribution in [0.4, 0.5) is 10.1 Å². The highest BCUT2D eigenvalue weighted by atomic mass is 32.2. The Balaban J connectivity index is 1.81. The van der Waals surface area contributed by atoms with Crippen LogP contribution in [0.3, 0.4) is 0 Å². The molecule has 0 amide bonds. The molecule has 0 radical (unpaired) electrons. The number of sulfonamides is 1. The molecule has 2 aromatic heterocycles. The fourth-order valence-corrected chi connectivity index (χ4v) is 4.55. The van der Waals surface area contributed by atoms with Gasteiger partial charge in [0, 0.05) is 6.20 Å². The molecule has 9 heteroatoms. The SMILES string of the molecule is COc1ccc(CN(c2cccc(F)c2)S(=O)(=O)c2ccc3nnc(C)n3c2)cc1. The zero-order valence-electron chi connectivity index (χ0n) is 16.4. The van der Waals surface area contributed by atoms with Gasteiger partial charge in [-0.2, -0.15) is 0 Å². The van der Waals surface area contributed by atoms with Gasteiger partial charge in [0.2, 0.25) is 0 Å². The van der Waals surface area contributed by atoms with Crippen LogP contribution in [-0.2, 0) is 16.6 Å². The number of fused-ring (bicyclic) bond motifs is 1. The Morgan fingerprint density at radius 2 is 1.83 bits per heavy atom. The van der Waals surface area contributed by atoms with Gasteiger partial charge in [0.25, 0.3) is 10.0 Å². The number of nitrogens with zero attached hydrogens (tertiary/aromatic N) is 4.